The zero-order valence-electron chi connectivity index (χ0n) is 9.11. The average molecular weight is 296 g/mol. The van der Waals surface area contributed by atoms with Gasteiger partial charge in [0, 0.05) is 18.1 Å². The lowest BCUT2D eigenvalue weighted by molar-refractivity contribution is -0.119. The number of alkyl halides is 4. The van der Waals surface area contributed by atoms with Crippen LogP contribution in [-0.2, 0) is 5.33 Å². The summed E-state index contributed by atoms with van der Waals surface area (Å²) in [5.74, 6) is 0. The van der Waals surface area contributed by atoms with Crippen molar-refractivity contribution in [3.8, 4) is 0 Å². The summed E-state index contributed by atoms with van der Waals surface area (Å²) in [5, 5.41) is 0.710. The number of rotatable bonds is 3. The maximum atomic E-state index is 12.2. The Hall–Kier alpha value is -0.710. The Bertz CT molecular complexity index is 363. The molecule has 0 bridgehead atoms. The lowest BCUT2D eigenvalue weighted by Crippen LogP contribution is -2.30. The molecule has 0 amide bonds. The molecular formula is C11H13BrF3N. The smallest absolute Gasteiger partial charge is 0.366 e. The van der Waals surface area contributed by atoms with Gasteiger partial charge in [0.2, 0.25) is 0 Å². The Kier molecular flexibility index (Phi) is 4.24. The Balaban J connectivity index is 2.85. The molecule has 5 heteroatoms. The molecule has 0 radical (unpaired) electrons. The number of hydrogen-bond acceptors (Lipinski definition) is 1. The summed E-state index contributed by atoms with van der Waals surface area (Å²) in [4.78, 5) is 1.20. The number of anilines is 1. The molecule has 0 heterocycles. The second-order valence-electron chi connectivity index (χ2n) is 3.72. The molecule has 1 rings (SSSR count). The second-order valence-corrected chi connectivity index (χ2v) is 4.28. The molecule has 1 nitrogen and oxygen atoms in total. The predicted octanol–water partition coefficient (Wildman–Crippen LogP) is 3.89. The number of halogens is 4. The van der Waals surface area contributed by atoms with Crippen LogP contribution in [0.2, 0.25) is 0 Å². The monoisotopic (exact) mass is 295 g/mol. The van der Waals surface area contributed by atoms with Gasteiger partial charge >= 0.3 is 6.18 Å². The van der Waals surface area contributed by atoms with E-state index in [1.54, 1.807) is 12.1 Å². The molecule has 0 saturated carbocycles. The zero-order chi connectivity index (χ0) is 12.3. The lowest BCUT2D eigenvalue weighted by Gasteiger charge is -2.21. The van der Waals surface area contributed by atoms with E-state index in [4.69, 9.17) is 0 Å². The van der Waals surface area contributed by atoms with Crippen molar-refractivity contribution in [2.45, 2.75) is 18.4 Å². The van der Waals surface area contributed by atoms with E-state index in [1.807, 2.05) is 13.0 Å². The van der Waals surface area contributed by atoms with Gasteiger partial charge in [0.25, 0.3) is 0 Å². The first-order valence-corrected chi connectivity index (χ1v) is 5.89. The Morgan fingerprint density at radius 3 is 2.38 bits per heavy atom. The highest BCUT2D eigenvalue weighted by Crippen LogP contribution is 2.23. The standard InChI is InChI=1S/C11H13BrF3N/c1-8-5-10(4-3-9(8)6-12)16(2)7-11(13,14)15/h3-5H,6-7H2,1-2H3. The largest absolute Gasteiger partial charge is 0.405 e. The van der Waals surface area contributed by atoms with E-state index in [0.29, 0.717) is 11.0 Å². The Labute approximate surface area is 101 Å². The SMILES string of the molecule is Cc1cc(N(C)CC(F)(F)F)ccc1CBr. The first kappa shape index (κ1) is 13.4. The van der Waals surface area contributed by atoms with Gasteiger partial charge in [-0.3, -0.25) is 0 Å². The van der Waals surface area contributed by atoms with Gasteiger partial charge in [0.05, 0.1) is 0 Å². The molecule has 16 heavy (non-hydrogen) atoms. The van der Waals surface area contributed by atoms with Crippen molar-refractivity contribution in [2.75, 3.05) is 18.5 Å². The number of aryl methyl sites for hydroxylation is 1. The second kappa shape index (κ2) is 5.08. The zero-order valence-corrected chi connectivity index (χ0v) is 10.7. The molecule has 0 spiro atoms. The van der Waals surface area contributed by atoms with Crippen LogP contribution in [-0.4, -0.2) is 19.8 Å². The summed E-state index contributed by atoms with van der Waals surface area (Å²) in [6, 6.07) is 5.31. The van der Waals surface area contributed by atoms with Crippen molar-refractivity contribution in [3.63, 3.8) is 0 Å². The van der Waals surface area contributed by atoms with Crippen LogP contribution in [0.25, 0.3) is 0 Å². The first-order chi connectivity index (χ1) is 7.33. The Morgan fingerprint density at radius 2 is 1.94 bits per heavy atom. The van der Waals surface area contributed by atoms with Crippen molar-refractivity contribution < 1.29 is 13.2 Å². The van der Waals surface area contributed by atoms with E-state index in [2.05, 4.69) is 15.9 Å². The molecule has 1 aromatic rings. The summed E-state index contributed by atoms with van der Waals surface area (Å²) >= 11 is 3.33. The quantitative estimate of drug-likeness (QED) is 0.765. The van der Waals surface area contributed by atoms with Crippen molar-refractivity contribution >= 4 is 21.6 Å². The summed E-state index contributed by atoms with van der Waals surface area (Å²) in [7, 11) is 1.44. The summed E-state index contributed by atoms with van der Waals surface area (Å²) < 4.78 is 36.6. The third-order valence-corrected chi connectivity index (χ3v) is 2.93. The maximum Gasteiger partial charge on any atom is 0.405 e. The third kappa shape index (κ3) is 3.70. The van der Waals surface area contributed by atoms with Crippen LogP contribution in [0, 0.1) is 6.92 Å². The molecular weight excluding hydrogens is 283 g/mol. The van der Waals surface area contributed by atoms with E-state index >= 15 is 0 Å². The molecule has 0 saturated heterocycles. The van der Waals surface area contributed by atoms with Crippen LogP contribution >= 0.6 is 15.9 Å². The number of nitrogens with zero attached hydrogens (tertiary/aromatic N) is 1. The van der Waals surface area contributed by atoms with Gasteiger partial charge in [0.15, 0.2) is 0 Å². The van der Waals surface area contributed by atoms with Crippen LogP contribution < -0.4 is 4.90 Å². The van der Waals surface area contributed by atoms with E-state index in [-0.39, 0.29) is 0 Å². The molecule has 0 aliphatic rings. The van der Waals surface area contributed by atoms with Crippen LogP contribution in [0.3, 0.4) is 0 Å². The first-order valence-electron chi connectivity index (χ1n) is 4.77. The van der Waals surface area contributed by atoms with Crippen molar-refractivity contribution in [1.82, 2.24) is 0 Å². The van der Waals surface area contributed by atoms with Crippen LogP contribution in [0.5, 0.6) is 0 Å². The minimum atomic E-state index is -4.17. The molecule has 0 N–H and O–H groups in total. The minimum Gasteiger partial charge on any atom is -0.366 e. The van der Waals surface area contributed by atoms with E-state index in [1.165, 1.54) is 11.9 Å². The van der Waals surface area contributed by atoms with E-state index in [9.17, 15) is 13.2 Å². The third-order valence-electron chi connectivity index (χ3n) is 2.33. The predicted molar refractivity (Wildman–Crippen MR) is 63.1 cm³/mol. The van der Waals surface area contributed by atoms with Gasteiger partial charge in [-0.05, 0) is 30.2 Å². The minimum absolute atomic E-state index is 0.583. The number of hydrogen-bond donors (Lipinski definition) is 0. The molecule has 0 unspecified atom stereocenters. The van der Waals surface area contributed by atoms with E-state index < -0.39 is 12.7 Å². The number of benzene rings is 1. The molecule has 0 fully saturated rings. The van der Waals surface area contributed by atoms with Gasteiger partial charge in [-0.25, -0.2) is 0 Å². The molecule has 1 aromatic carbocycles. The average Bonchev–Trinajstić information content (AvgIpc) is 2.15. The summed E-state index contributed by atoms with van der Waals surface area (Å²) in [6.45, 7) is 0.960. The van der Waals surface area contributed by atoms with Crippen molar-refractivity contribution in [1.29, 1.82) is 0 Å². The molecule has 90 valence electrons. The fraction of sp³-hybridized carbons (Fsp3) is 0.455. The Morgan fingerprint density at radius 1 is 1.31 bits per heavy atom. The van der Waals surface area contributed by atoms with Gasteiger partial charge in [-0.15, -0.1) is 0 Å². The highest BCUT2D eigenvalue weighted by atomic mass is 79.9. The van der Waals surface area contributed by atoms with Crippen LogP contribution in [0.15, 0.2) is 18.2 Å². The highest BCUT2D eigenvalue weighted by molar-refractivity contribution is 9.08. The van der Waals surface area contributed by atoms with Gasteiger partial charge < -0.3 is 4.90 Å². The van der Waals surface area contributed by atoms with E-state index in [0.717, 1.165) is 11.1 Å². The summed E-state index contributed by atoms with van der Waals surface area (Å²) in [6.07, 6.45) is -4.17. The lowest BCUT2D eigenvalue weighted by atomic mass is 10.1. The fourth-order valence-corrected chi connectivity index (χ4v) is 2.06. The molecule has 0 aliphatic heterocycles. The van der Waals surface area contributed by atoms with Crippen LogP contribution in [0.4, 0.5) is 18.9 Å². The van der Waals surface area contributed by atoms with Crippen molar-refractivity contribution in [2.24, 2.45) is 0 Å². The molecule has 0 aliphatic carbocycles. The van der Waals surface area contributed by atoms with Gasteiger partial charge in [-0.1, -0.05) is 22.0 Å². The maximum absolute atomic E-state index is 12.2. The van der Waals surface area contributed by atoms with Crippen molar-refractivity contribution in [3.05, 3.63) is 29.3 Å². The summed E-state index contributed by atoms with van der Waals surface area (Å²) in [5.41, 5.74) is 2.66. The van der Waals surface area contributed by atoms with Gasteiger partial charge in [-0.2, -0.15) is 13.2 Å². The van der Waals surface area contributed by atoms with Gasteiger partial charge in [0.1, 0.15) is 6.54 Å². The fourth-order valence-electron chi connectivity index (χ4n) is 1.43. The normalized spacial score (nSPS) is 11.6. The molecule has 0 atom stereocenters. The topological polar surface area (TPSA) is 3.24 Å². The molecule has 0 aromatic heterocycles. The highest BCUT2D eigenvalue weighted by Gasteiger charge is 2.29. The van der Waals surface area contributed by atoms with Crippen LogP contribution in [0.1, 0.15) is 11.1 Å².